The molecule has 0 saturated heterocycles. The number of halogens is 2. The molecule has 0 saturated carbocycles. The summed E-state index contributed by atoms with van der Waals surface area (Å²) in [5, 5.41) is 15.1. The number of benzene rings is 2. The Balaban J connectivity index is 1.92. The summed E-state index contributed by atoms with van der Waals surface area (Å²) in [5.41, 5.74) is 0.218. The molecule has 0 bridgehead atoms. The molecule has 0 atom stereocenters. The van der Waals surface area contributed by atoms with Gasteiger partial charge in [0.25, 0.3) is 0 Å². The number of nitro groups is 1. The van der Waals surface area contributed by atoms with Gasteiger partial charge in [0.15, 0.2) is 0 Å². The molecule has 9 nitrogen and oxygen atoms in total. The monoisotopic (exact) mass is 434 g/mol. The van der Waals surface area contributed by atoms with E-state index in [0.717, 1.165) is 6.33 Å². The Morgan fingerprint density at radius 1 is 1.10 bits per heavy atom. The van der Waals surface area contributed by atoms with Crippen molar-refractivity contribution < 1.29 is 19.2 Å². The highest BCUT2D eigenvalue weighted by Gasteiger charge is 2.25. The summed E-state index contributed by atoms with van der Waals surface area (Å²) >= 11 is 11.9. The molecule has 1 heterocycles. The van der Waals surface area contributed by atoms with Crippen molar-refractivity contribution in [3.8, 4) is 11.6 Å². The molecule has 0 aliphatic heterocycles. The number of ether oxygens (including phenoxy) is 2. The summed E-state index contributed by atoms with van der Waals surface area (Å²) in [4.78, 5) is 30.2. The van der Waals surface area contributed by atoms with E-state index in [1.165, 1.54) is 49.6 Å². The van der Waals surface area contributed by atoms with Gasteiger partial charge in [0, 0.05) is 15.7 Å². The lowest BCUT2D eigenvalue weighted by atomic mass is 10.2. The number of nitrogens with one attached hydrogen (secondary N) is 1. The minimum absolute atomic E-state index is 0.107. The maximum Gasteiger partial charge on any atom is 0.373 e. The highest BCUT2D eigenvalue weighted by atomic mass is 35.5. The van der Waals surface area contributed by atoms with Crippen LogP contribution in [0.15, 0.2) is 48.8 Å². The first-order chi connectivity index (χ1) is 13.9. The summed E-state index contributed by atoms with van der Waals surface area (Å²) < 4.78 is 10.1. The van der Waals surface area contributed by atoms with Gasteiger partial charge in [0.2, 0.25) is 5.82 Å². The van der Waals surface area contributed by atoms with E-state index in [4.69, 9.17) is 27.9 Å². The molecule has 0 radical (unpaired) electrons. The summed E-state index contributed by atoms with van der Waals surface area (Å²) in [6.07, 6.45) is 1.11. The summed E-state index contributed by atoms with van der Waals surface area (Å²) in [7, 11) is 1.26. The Kier molecular flexibility index (Phi) is 6.10. The lowest BCUT2D eigenvalue weighted by molar-refractivity contribution is -0.385. The fraction of sp³-hybridized carbons (Fsp3) is 0.0556. The van der Waals surface area contributed by atoms with E-state index < -0.39 is 16.6 Å². The molecule has 3 aromatic rings. The summed E-state index contributed by atoms with van der Waals surface area (Å²) in [6.45, 7) is 0. The molecule has 2 aromatic carbocycles. The van der Waals surface area contributed by atoms with E-state index >= 15 is 0 Å². The lowest BCUT2D eigenvalue weighted by Crippen LogP contribution is -2.04. The van der Waals surface area contributed by atoms with Crippen LogP contribution in [0.5, 0.6) is 11.6 Å². The number of aromatic nitrogens is 2. The molecule has 0 fully saturated rings. The molecule has 11 heteroatoms. The number of methoxy groups -OCH3 is 1. The number of esters is 1. The van der Waals surface area contributed by atoms with Crippen molar-refractivity contribution in [2.45, 2.75) is 0 Å². The molecule has 0 aliphatic rings. The minimum Gasteiger partial charge on any atom is -0.465 e. The van der Waals surface area contributed by atoms with Gasteiger partial charge in [0.1, 0.15) is 12.1 Å². The van der Waals surface area contributed by atoms with Crippen molar-refractivity contribution >= 4 is 46.4 Å². The molecule has 148 valence electrons. The number of rotatable bonds is 6. The van der Waals surface area contributed by atoms with E-state index in [9.17, 15) is 14.9 Å². The van der Waals surface area contributed by atoms with Crippen LogP contribution in [0.2, 0.25) is 10.0 Å². The second-order valence-electron chi connectivity index (χ2n) is 5.53. The van der Waals surface area contributed by atoms with Gasteiger partial charge < -0.3 is 14.8 Å². The number of nitrogens with zero attached hydrogens (tertiary/aromatic N) is 3. The van der Waals surface area contributed by atoms with Crippen LogP contribution in [0.1, 0.15) is 10.4 Å². The molecule has 1 N–H and O–H groups in total. The lowest BCUT2D eigenvalue weighted by Gasteiger charge is -2.10. The fourth-order valence-electron chi connectivity index (χ4n) is 2.34. The standard InChI is InChI=1S/C18H12Cl2N4O5/c1-28-18(25)10-2-4-14(5-3-10)29-17-15(24(26)27)16(21-9-22-17)23-13-7-11(19)6-12(20)8-13/h2-9H,1H3,(H,21,22,23). The molecule has 3 rings (SSSR count). The number of hydrogen-bond donors (Lipinski definition) is 1. The zero-order valence-electron chi connectivity index (χ0n) is 14.8. The third-order valence-electron chi connectivity index (χ3n) is 3.59. The molecule has 29 heavy (non-hydrogen) atoms. The highest BCUT2D eigenvalue weighted by Crippen LogP contribution is 2.36. The maximum atomic E-state index is 11.6. The average molecular weight is 435 g/mol. The Hall–Kier alpha value is -3.43. The Labute approximate surface area is 174 Å². The van der Waals surface area contributed by atoms with E-state index in [0.29, 0.717) is 21.3 Å². The SMILES string of the molecule is COC(=O)c1ccc(Oc2ncnc(Nc3cc(Cl)cc(Cl)c3)c2[N+](=O)[O-])cc1. The molecular formula is C18H12Cl2N4O5. The van der Waals surface area contributed by atoms with Crippen LogP contribution in [-0.4, -0.2) is 28.0 Å². The van der Waals surface area contributed by atoms with Crippen LogP contribution in [0.3, 0.4) is 0 Å². The van der Waals surface area contributed by atoms with E-state index in [1.54, 1.807) is 0 Å². The van der Waals surface area contributed by atoms with E-state index in [2.05, 4.69) is 20.0 Å². The van der Waals surface area contributed by atoms with Gasteiger partial charge in [-0.05, 0) is 42.5 Å². The zero-order valence-corrected chi connectivity index (χ0v) is 16.3. The first kappa shape index (κ1) is 20.3. The van der Waals surface area contributed by atoms with Crippen molar-refractivity contribution in [3.05, 3.63) is 74.5 Å². The minimum atomic E-state index is -0.674. The van der Waals surface area contributed by atoms with Gasteiger partial charge >= 0.3 is 17.5 Å². The van der Waals surface area contributed by atoms with Crippen LogP contribution in [0.4, 0.5) is 17.2 Å². The third kappa shape index (κ3) is 4.89. The number of carbonyl (C=O) groups is 1. The van der Waals surface area contributed by atoms with Gasteiger partial charge in [-0.3, -0.25) is 10.1 Å². The van der Waals surface area contributed by atoms with Crippen LogP contribution in [-0.2, 0) is 4.74 Å². The summed E-state index contributed by atoms with van der Waals surface area (Å²) in [5.74, 6) is -0.677. The molecule has 0 aliphatic carbocycles. The van der Waals surface area contributed by atoms with Crippen molar-refractivity contribution in [1.82, 2.24) is 9.97 Å². The van der Waals surface area contributed by atoms with Crippen LogP contribution < -0.4 is 10.1 Å². The van der Waals surface area contributed by atoms with Crippen LogP contribution in [0, 0.1) is 10.1 Å². The molecular weight excluding hydrogens is 423 g/mol. The molecule has 0 unspecified atom stereocenters. The highest BCUT2D eigenvalue weighted by molar-refractivity contribution is 6.35. The van der Waals surface area contributed by atoms with Gasteiger partial charge in [-0.1, -0.05) is 23.2 Å². The van der Waals surface area contributed by atoms with Crippen molar-refractivity contribution in [2.75, 3.05) is 12.4 Å². The van der Waals surface area contributed by atoms with Crippen molar-refractivity contribution in [2.24, 2.45) is 0 Å². The average Bonchev–Trinajstić information content (AvgIpc) is 2.67. The Morgan fingerprint density at radius 2 is 1.76 bits per heavy atom. The van der Waals surface area contributed by atoms with Gasteiger partial charge in [0.05, 0.1) is 17.6 Å². The Morgan fingerprint density at radius 3 is 2.34 bits per heavy atom. The van der Waals surface area contributed by atoms with Crippen molar-refractivity contribution in [3.63, 3.8) is 0 Å². The summed E-state index contributed by atoms with van der Waals surface area (Å²) in [6, 6.07) is 10.4. The maximum absolute atomic E-state index is 11.6. The predicted octanol–water partition coefficient (Wildman–Crippen LogP) is 5.01. The number of anilines is 2. The van der Waals surface area contributed by atoms with Gasteiger partial charge in [-0.2, -0.15) is 4.98 Å². The topological polar surface area (TPSA) is 116 Å². The Bertz CT molecular complexity index is 1060. The van der Waals surface area contributed by atoms with Gasteiger partial charge in [-0.25, -0.2) is 9.78 Å². The first-order valence-electron chi connectivity index (χ1n) is 7.96. The van der Waals surface area contributed by atoms with Crippen molar-refractivity contribution in [1.29, 1.82) is 0 Å². The predicted molar refractivity (Wildman–Crippen MR) is 106 cm³/mol. The van der Waals surface area contributed by atoms with Gasteiger partial charge in [-0.15, -0.1) is 0 Å². The number of carbonyl (C=O) groups excluding carboxylic acids is 1. The largest absolute Gasteiger partial charge is 0.465 e. The second-order valence-corrected chi connectivity index (χ2v) is 6.41. The quantitative estimate of drug-likeness (QED) is 0.326. The third-order valence-corrected chi connectivity index (χ3v) is 4.02. The van der Waals surface area contributed by atoms with E-state index in [1.807, 2.05) is 0 Å². The fourth-order valence-corrected chi connectivity index (χ4v) is 2.87. The van der Waals surface area contributed by atoms with Crippen LogP contribution >= 0.6 is 23.2 Å². The zero-order chi connectivity index (χ0) is 21.0. The normalized spacial score (nSPS) is 10.3. The molecule has 1 aromatic heterocycles. The first-order valence-corrected chi connectivity index (χ1v) is 8.71. The molecule has 0 spiro atoms. The van der Waals surface area contributed by atoms with E-state index in [-0.39, 0.29) is 17.4 Å². The second kappa shape index (κ2) is 8.72. The molecule has 0 amide bonds. The van der Waals surface area contributed by atoms with Crippen LogP contribution in [0.25, 0.3) is 0 Å². The number of hydrogen-bond acceptors (Lipinski definition) is 8. The smallest absolute Gasteiger partial charge is 0.373 e.